The van der Waals surface area contributed by atoms with Gasteiger partial charge in [0.2, 0.25) is 0 Å². The van der Waals surface area contributed by atoms with Crippen molar-refractivity contribution in [2.75, 3.05) is 5.33 Å². The van der Waals surface area contributed by atoms with Crippen LogP contribution in [0.1, 0.15) is 6.92 Å². The van der Waals surface area contributed by atoms with E-state index in [1.807, 2.05) is 0 Å². The maximum absolute atomic E-state index is 3.40. The Bertz CT molecular complexity index is 147. The van der Waals surface area contributed by atoms with Gasteiger partial charge < -0.3 is 0 Å². The van der Waals surface area contributed by atoms with Gasteiger partial charge in [0.1, 0.15) is 8.07 Å². The van der Waals surface area contributed by atoms with Crippen molar-refractivity contribution in [1.29, 1.82) is 0 Å². The molecule has 0 aliphatic heterocycles. The summed E-state index contributed by atoms with van der Waals surface area (Å²) in [5, 5.41) is 0.991. The van der Waals surface area contributed by atoms with Gasteiger partial charge >= 0.3 is 0 Å². The van der Waals surface area contributed by atoms with Crippen molar-refractivity contribution in [2.45, 2.75) is 26.6 Å². The lowest BCUT2D eigenvalue weighted by Gasteiger charge is -2.04. The van der Waals surface area contributed by atoms with E-state index in [4.69, 9.17) is 0 Å². The summed E-state index contributed by atoms with van der Waals surface area (Å²) in [5.74, 6) is 3.74. The van der Waals surface area contributed by atoms with Crippen LogP contribution >= 0.6 is 15.9 Å². The summed E-state index contributed by atoms with van der Waals surface area (Å²) >= 11 is 3.40. The summed E-state index contributed by atoms with van der Waals surface area (Å²) in [7, 11) is -1.12. The van der Waals surface area contributed by atoms with E-state index in [-0.39, 0.29) is 0 Å². The van der Waals surface area contributed by atoms with Gasteiger partial charge in [0.15, 0.2) is 0 Å². The lowest BCUT2D eigenvalue weighted by molar-refractivity contribution is 0.891. The molecule has 0 aromatic rings. The molecule has 58 valence electrons. The van der Waals surface area contributed by atoms with Crippen LogP contribution in [-0.4, -0.2) is 13.4 Å². The Morgan fingerprint density at radius 1 is 1.40 bits per heavy atom. The fraction of sp³-hybridized carbons (Fsp3) is 0.750. The van der Waals surface area contributed by atoms with E-state index in [1.54, 1.807) is 0 Å². The average Bonchev–Trinajstić information content (AvgIpc) is 1.81. The molecule has 0 spiro atoms. The molecular formula is C8H15BrSi. The van der Waals surface area contributed by atoms with Crippen LogP contribution in [-0.2, 0) is 0 Å². The first-order valence-corrected chi connectivity index (χ1v) is 8.16. The zero-order valence-corrected chi connectivity index (χ0v) is 9.75. The zero-order valence-electron chi connectivity index (χ0n) is 7.16. The van der Waals surface area contributed by atoms with Gasteiger partial charge in [0, 0.05) is 11.2 Å². The van der Waals surface area contributed by atoms with Crippen molar-refractivity contribution in [3.05, 3.63) is 0 Å². The topological polar surface area (TPSA) is 0 Å². The maximum Gasteiger partial charge on any atom is 0.129 e. The Labute approximate surface area is 73.5 Å². The molecule has 0 saturated heterocycles. The predicted octanol–water partition coefficient (Wildman–Crippen LogP) is 2.90. The smallest absolute Gasteiger partial charge is 0.129 e. The molecule has 0 heterocycles. The molecule has 0 bridgehead atoms. The highest BCUT2D eigenvalue weighted by Gasteiger charge is 2.07. The highest BCUT2D eigenvalue weighted by atomic mass is 79.9. The standard InChI is InChI=1S/C8H15BrSi/c1-8(7-9)5-6-10(2,3)4/h8H,7H2,1-4H3. The number of hydrogen-bond acceptors (Lipinski definition) is 0. The van der Waals surface area contributed by atoms with Crippen LogP contribution in [0.15, 0.2) is 0 Å². The van der Waals surface area contributed by atoms with Gasteiger partial charge in [-0.05, 0) is 0 Å². The molecule has 0 nitrogen and oxygen atoms in total. The first-order chi connectivity index (χ1) is 4.45. The van der Waals surface area contributed by atoms with Crippen LogP contribution < -0.4 is 0 Å². The molecule has 1 atom stereocenters. The monoisotopic (exact) mass is 218 g/mol. The van der Waals surface area contributed by atoms with Gasteiger partial charge in [-0.3, -0.25) is 0 Å². The van der Waals surface area contributed by atoms with Crippen LogP contribution in [0, 0.1) is 17.4 Å². The Morgan fingerprint density at radius 2 is 1.90 bits per heavy atom. The average molecular weight is 219 g/mol. The van der Waals surface area contributed by atoms with Crippen molar-refractivity contribution in [3.63, 3.8) is 0 Å². The Kier molecular flexibility index (Phi) is 4.31. The van der Waals surface area contributed by atoms with Crippen molar-refractivity contribution in [3.8, 4) is 11.5 Å². The van der Waals surface area contributed by atoms with Gasteiger partial charge in [-0.25, -0.2) is 0 Å². The number of alkyl halides is 1. The van der Waals surface area contributed by atoms with E-state index in [0.717, 1.165) is 5.33 Å². The molecule has 0 aromatic carbocycles. The zero-order chi connectivity index (χ0) is 8.20. The summed E-state index contributed by atoms with van der Waals surface area (Å²) in [5.41, 5.74) is 3.33. The molecule has 0 aliphatic rings. The molecule has 0 saturated carbocycles. The summed E-state index contributed by atoms with van der Waals surface area (Å²) < 4.78 is 0. The van der Waals surface area contributed by atoms with Crippen molar-refractivity contribution >= 4 is 24.0 Å². The lowest BCUT2D eigenvalue weighted by atomic mass is 10.2. The Morgan fingerprint density at radius 3 is 2.20 bits per heavy atom. The molecule has 0 N–H and O–H groups in total. The predicted molar refractivity (Wildman–Crippen MR) is 54.1 cm³/mol. The highest BCUT2D eigenvalue weighted by molar-refractivity contribution is 9.09. The molecule has 0 aromatic heterocycles. The number of hydrogen-bond donors (Lipinski definition) is 0. The highest BCUT2D eigenvalue weighted by Crippen LogP contribution is 2.01. The first kappa shape index (κ1) is 10.3. The molecule has 0 aliphatic carbocycles. The third-order valence-corrected chi connectivity index (χ3v) is 2.79. The largest absolute Gasteiger partial charge is 0.132 e. The van der Waals surface area contributed by atoms with Gasteiger partial charge in [0.05, 0.1) is 0 Å². The second kappa shape index (κ2) is 4.20. The quantitative estimate of drug-likeness (QED) is 0.361. The van der Waals surface area contributed by atoms with Crippen LogP contribution in [0.25, 0.3) is 0 Å². The Hall–Kier alpha value is 0.257. The van der Waals surface area contributed by atoms with E-state index in [2.05, 4.69) is 54.0 Å². The number of halogens is 1. The third kappa shape index (κ3) is 6.38. The summed E-state index contributed by atoms with van der Waals surface area (Å²) in [6, 6.07) is 0. The van der Waals surface area contributed by atoms with Crippen molar-refractivity contribution in [1.82, 2.24) is 0 Å². The van der Waals surface area contributed by atoms with E-state index >= 15 is 0 Å². The van der Waals surface area contributed by atoms with Crippen molar-refractivity contribution in [2.24, 2.45) is 5.92 Å². The molecule has 10 heavy (non-hydrogen) atoms. The van der Waals surface area contributed by atoms with Crippen molar-refractivity contribution < 1.29 is 0 Å². The molecule has 0 radical (unpaired) electrons. The van der Waals surface area contributed by atoms with E-state index < -0.39 is 8.07 Å². The summed E-state index contributed by atoms with van der Waals surface area (Å²) in [4.78, 5) is 0. The fourth-order valence-electron chi connectivity index (χ4n) is 0.378. The molecule has 1 unspecified atom stereocenters. The second-order valence-corrected chi connectivity index (χ2v) is 8.97. The van der Waals surface area contributed by atoms with E-state index in [0.29, 0.717) is 5.92 Å². The summed E-state index contributed by atoms with van der Waals surface area (Å²) in [6.45, 7) is 8.94. The second-order valence-electron chi connectivity index (χ2n) is 3.57. The fourth-order valence-corrected chi connectivity index (χ4v) is 1.22. The van der Waals surface area contributed by atoms with Crippen LogP contribution in [0.2, 0.25) is 19.6 Å². The molecule has 0 fully saturated rings. The molecular weight excluding hydrogens is 204 g/mol. The van der Waals surface area contributed by atoms with E-state index in [9.17, 15) is 0 Å². The normalized spacial score (nSPS) is 13.7. The van der Waals surface area contributed by atoms with Gasteiger partial charge in [-0.1, -0.05) is 42.5 Å². The third-order valence-electron chi connectivity index (χ3n) is 0.925. The molecule has 2 heteroatoms. The minimum Gasteiger partial charge on any atom is -0.132 e. The molecule has 0 amide bonds. The number of rotatable bonds is 1. The first-order valence-electron chi connectivity index (χ1n) is 3.54. The minimum absolute atomic E-state index is 0.506. The van der Waals surface area contributed by atoms with Gasteiger partial charge in [-0.15, -0.1) is 11.5 Å². The minimum atomic E-state index is -1.12. The van der Waals surface area contributed by atoms with Crippen LogP contribution in [0.3, 0.4) is 0 Å². The maximum atomic E-state index is 3.40. The SMILES string of the molecule is CC(C#C[Si](C)(C)C)CBr. The van der Waals surface area contributed by atoms with Crippen LogP contribution in [0.4, 0.5) is 0 Å². The summed E-state index contributed by atoms with van der Waals surface area (Å²) in [6.07, 6.45) is 0. The van der Waals surface area contributed by atoms with E-state index in [1.165, 1.54) is 0 Å². The lowest BCUT2D eigenvalue weighted by Crippen LogP contribution is -2.16. The molecule has 0 rings (SSSR count). The van der Waals surface area contributed by atoms with Gasteiger partial charge in [0.25, 0.3) is 0 Å². The van der Waals surface area contributed by atoms with Gasteiger partial charge in [-0.2, -0.15) is 0 Å². The Balaban J connectivity index is 3.91. The van der Waals surface area contributed by atoms with Crippen LogP contribution in [0.5, 0.6) is 0 Å².